The molecule has 2 aromatic rings. The number of nitrogens with zero attached hydrogens (tertiary/aromatic N) is 1. The molecule has 0 unspecified atom stereocenters. The van der Waals surface area contributed by atoms with Crippen molar-refractivity contribution in [2.45, 2.75) is 20.3 Å². The van der Waals surface area contributed by atoms with Crippen LogP contribution in [0.2, 0.25) is 10.0 Å². The molecule has 0 bridgehead atoms. The summed E-state index contributed by atoms with van der Waals surface area (Å²) in [5.41, 5.74) is 3.11. The number of aryl methyl sites for hydroxylation is 1. The molecule has 1 aliphatic heterocycles. The zero-order chi connectivity index (χ0) is 21.1. The number of esters is 1. The predicted molar refractivity (Wildman–Crippen MR) is 112 cm³/mol. The first-order valence-electron chi connectivity index (χ1n) is 9.05. The van der Waals surface area contributed by atoms with Crippen molar-refractivity contribution in [1.82, 2.24) is 0 Å². The molecular weight excluding hydrogens is 415 g/mol. The molecule has 2 amide bonds. The maximum atomic E-state index is 12.4. The van der Waals surface area contributed by atoms with Gasteiger partial charge in [-0.15, -0.1) is 0 Å². The normalized spacial score (nSPS) is 16.1. The number of hydrogen-bond acceptors (Lipinski definition) is 4. The fourth-order valence-corrected chi connectivity index (χ4v) is 3.52. The third kappa shape index (κ3) is 4.71. The maximum absolute atomic E-state index is 12.4. The minimum absolute atomic E-state index is 0.0136. The Morgan fingerprint density at radius 3 is 2.66 bits per heavy atom. The molecule has 0 aliphatic carbocycles. The van der Waals surface area contributed by atoms with E-state index in [-0.39, 0.29) is 23.9 Å². The summed E-state index contributed by atoms with van der Waals surface area (Å²) >= 11 is 12.2. The third-order valence-corrected chi connectivity index (χ3v) is 5.71. The van der Waals surface area contributed by atoms with E-state index in [1.807, 2.05) is 26.0 Å². The highest BCUT2D eigenvalue weighted by Gasteiger charge is 2.37. The smallest absolute Gasteiger partial charge is 0.311 e. The van der Waals surface area contributed by atoms with Crippen molar-refractivity contribution in [2.75, 3.05) is 23.4 Å². The van der Waals surface area contributed by atoms with E-state index in [9.17, 15) is 14.4 Å². The summed E-state index contributed by atoms with van der Waals surface area (Å²) in [4.78, 5) is 38.2. The van der Waals surface area contributed by atoms with Crippen LogP contribution in [0.4, 0.5) is 11.4 Å². The Labute approximate surface area is 178 Å². The van der Waals surface area contributed by atoms with Crippen molar-refractivity contribution in [1.29, 1.82) is 0 Å². The average Bonchev–Trinajstić information content (AvgIpc) is 3.07. The van der Waals surface area contributed by atoms with E-state index in [4.69, 9.17) is 27.9 Å². The number of anilines is 2. The van der Waals surface area contributed by atoms with E-state index in [1.54, 1.807) is 24.3 Å². The molecule has 0 aromatic heterocycles. The van der Waals surface area contributed by atoms with Gasteiger partial charge in [0, 0.05) is 18.7 Å². The Balaban J connectivity index is 1.57. The van der Waals surface area contributed by atoms with Gasteiger partial charge in [0.1, 0.15) is 0 Å². The molecule has 1 N–H and O–H groups in total. The van der Waals surface area contributed by atoms with Gasteiger partial charge < -0.3 is 15.0 Å². The fraction of sp³-hybridized carbons (Fsp3) is 0.286. The first-order valence-corrected chi connectivity index (χ1v) is 9.80. The van der Waals surface area contributed by atoms with Crippen LogP contribution in [0.25, 0.3) is 0 Å². The number of ether oxygens (including phenoxy) is 1. The van der Waals surface area contributed by atoms with Crippen molar-refractivity contribution in [2.24, 2.45) is 5.92 Å². The summed E-state index contributed by atoms with van der Waals surface area (Å²) in [5, 5.41) is 3.31. The maximum Gasteiger partial charge on any atom is 0.311 e. The van der Waals surface area contributed by atoms with Gasteiger partial charge >= 0.3 is 5.97 Å². The number of amides is 2. The van der Waals surface area contributed by atoms with Crippen LogP contribution < -0.4 is 10.2 Å². The fourth-order valence-electron chi connectivity index (χ4n) is 3.13. The summed E-state index contributed by atoms with van der Waals surface area (Å²) < 4.78 is 5.13. The molecule has 8 heteroatoms. The second-order valence-electron chi connectivity index (χ2n) is 6.88. The van der Waals surface area contributed by atoms with Crippen LogP contribution in [-0.4, -0.2) is 30.9 Å². The Morgan fingerprint density at radius 1 is 1.17 bits per heavy atom. The van der Waals surface area contributed by atoms with Gasteiger partial charge in [0.05, 0.1) is 21.7 Å². The molecule has 2 aromatic carbocycles. The number of rotatable bonds is 5. The molecule has 3 rings (SSSR count). The Kier molecular flexibility index (Phi) is 6.45. The predicted octanol–water partition coefficient (Wildman–Crippen LogP) is 4.15. The largest absolute Gasteiger partial charge is 0.455 e. The first-order chi connectivity index (χ1) is 13.8. The summed E-state index contributed by atoms with van der Waals surface area (Å²) in [7, 11) is 0. The molecule has 0 saturated carbocycles. The monoisotopic (exact) mass is 434 g/mol. The minimum Gasteiger partial charge on any atom is -0.455 e. The van der Waals surface area contributed by atoms with E-state index in [2.05, 4.69) is 5.32 Å². The lowest BCUT2D eigenvalue weighted by Gasteiger charge is -2.18. The lowest BCUT2D eigenvalue weighted by Crippen LogP contribution is -2.28. The van der Waals surface area contributed by atoms with Crippen LogP contribution in [0, 0.1) is 19.8 Å². The highest BCUT2D eigenvalue weighted by molar-refractivity contribution is 6.44. The van der Waals surface area contributed by atoms with Gasteiger partial charge in [0.2, 0.25) is 5.91 Å². The molecule has 0 spiro atoms. The highest BCUT2D eigenvalue weighted by atomic mass is 35.5. The van der Waals surface area contributed by atoms with Crippen LogP contribution in [0.5, 0.6) is 0 Å². The zero-order valence-corrected chi connectivity index (χ0v) is 17.5. The van der Waals surface area contributed by atoms with Crippen molar-refractivity contribution in [3.8, 4) is 0 Å². The topological polar surface area (TPSA) is 75.7 Å². The summed E-state index contributed by atoms with van der Waals surface area (Å²) in [6.07, 6.45) is -0.0136. The Bertz CT molecular complexity index is 977. The molecule has 1 saturated heterocycles. The molecule has 1 heterocycles. The second-order valence-corrected chi connectivity index (χ2v) is 7.67. The molecular formula is C21H20Cl2N2O4. The van der Waals surface area contributed by atoms with Crippen LogP contribution in [0.15, 0.2) is 36.4 Å². The Hall–Kier alpha value is -2.57. The molecule has 0 radical (unpaired) electrons. The standard InChI is InChI=1S/C21H20Cl2N2O4/c1-12-5-3-7-16(13(12)2)24-18(26)11-29-21(28)14-9-19(27)25(10-14)17-8-4-6-15(22)20(17)23/h3-8,14H,9-11H2,1-2H3,(H,24,26)/t14-/m0/s1. The zero-order valence-electron chi connectivity index (χ0n) is 16.0. The summed E-state index contributed by atoms with van der Waals surface area (Å²) in [5.74, 6) is -1.97. The summed E-state index contributed by atoms with van der Waals surface area (Å²) in [6.45, 7) is 3.54. The van der Waals surface area contributed by atoms with Crippen molar-refractivity contribution in [3.63, 3.8) is 0 Å². The number of hydrogen-bond donors (Lipinski definition) is 1. The quantitative estimate of drug-likeness (QED) is 0.717. The molecule has 152 valence electrons. The number of halogens is 2. The van der Waals surface area contributed by atoms with Crippen LogP contribution in [-0.2, 0) is 19.1 Å². The van der Waals surface area contributed by atoms with Gasteiger partial charge in [-0.1, -0.05) is 41.4 Å². The molecule has 1 fully saturated rings. The van der Waals surface area contributed by atoms with Gasteiger partial charge in [0.15, 0.2) is 6.61 Å². The van der Waals surface area contributed by atoms with E-state index < -0.39 is 24.4 Å². The minimum atomic E-state index is -0.675. The summed E-state index contributed by atoms with van der Waals surface area (Å²) in [6, 6.07) is 10.5. The van der Waals surface area contributed by atoms with E-state index in [1.165, 1.54) is 4.90 Å². The van der Waals surface area contributed by atoms with Gasteiger partial charge in [-0.05, 0) is 43.2 Å². The highest BCUT2D eigenvalue weighted by Crippen LogP contribution is 2.35. The van der Waals surface area contributed by atoms with E-state index in [0.29, 0.717) is 16.4 Å². The van der Waals surface area contributed by atoms with Crippen molar-refractivity contribution in [3.05, 3.63) is 57.6 Å². The average molecular weight is 435 g/mol. The molecule has 1 aliphatic rings. The molecule has 1 atom stereocenters. The van der Waals surface area contributed by atoms with Gasteiger partial charge in [-0.2, -0.15) is 0 Å². The third-order valence-electron chi connectivity index (χ3n) is 4.90. The lowest BCUT2D eigenvalue weighted by atomic mass is 10.1. The van der Waals surface area contributed by atoms with Crippen molar-refractivity contribution < 1.29 is 19.1 Å². The van der Waals surface area contributed by atoms with E-state index >= 15 is 0 Å². The Morgan fingerprint density at radius 2 is 1.90 bits per heavy atom. The van der Waals surface area contributed by atoms with Crippen LogP contribution in [0.1, 0.15) is 17.5 Å². The number of carbonyl (C=O) groups is 3. The molecule has 6 nitrogen and oxygen atoms in total. The van der Waals surface area contributed by atoms with Gasteiger partial charge in [-0.25, -0.2) is 0 Å². The first kappa shape index (κ1) is 21.1. The van der Waals surface area contributed by atoms with Gasteiger partial charge in [-0.3, -0.25) is 14.4 Å². The van der Waals surface area contributed by atoms with Crippen molar-refractivity contribution >= 4 is 52.4 Å². The van der Waals surface area contributed by atoms with Gasteiger partial charge in [0.25, 0.3) is 5.91 Å². The van der Waals surface area contributed by atoms with E-state index in [0.717, 1.165) is 11.1 Å². The lowest BCUT2D eigenvalue weighted by molar-refractivity contribution is -0.151. The molecule has 29 heavy (non-hydrogen) atoms. The number of benzene rings is 2. The number of nitrogens with one attached hydrogen (secondary N) is 1. The number of carbonyl (C=O) groups excluding carboxylic acids is 3. The second kappa shape index (κ2) is 8.84. The van der Waals surface area contributed by atoms with Crippen LogP contribution >= 0.6 is 23.2 Å². The SMILES string of the molecule is Cc1cccc(NC(=O)COC(=O)[C@H]2CC(=O)N(c3cccc(Cl)c3Cl)C2)c1C. The van der Waals surface area contributed by atoms with Crippen LogP contribution in [0.3, 0.4) is 0 Å².